The molecule has 6 heteroatoms. The first-order valence-corrected chi connectivity index (χ1v) is 9.14. The lowest BCUT2D eigenvalue weighted by Gasteiger charge is -2.13. The fourth-order valence-electron chi connectivity index (χ4n) is 2.25. The molecule has 0 bridgehead atoms. The number of hydrazine groups is 1. The van der Waals surface area contributed by atoms with Crippen molar-refractivity contribution in [2.24, 2.45) is 0 Å². The van der Waals surface area contributed by atoms with E-state index in [4.69, 9.17) is 9.47 Å². The van der Waals surface area contributed by atoms with E-state index in [-0.39, 0.29) is 6.10 Å². The molecular weight excluding hydrogens is 344 g/mol. The molecule has 1 unspecified atom stereocenters. The SMILES string of the molecule is CCCOc1ccccc1C(=O)NNC(=O)c1ccc(OC(C)CC)cc1. The third-order valence-corrected chi connectivity index (χ3v) is 3.91. The average Bonchev–Trinajstić information content (AvgIpc) is 2.70. The predicted molar refractivity (Wildman–Crippen MR) is 104 cm³/mol. The standard InChI is InChI=1S/C21H26N2O4/c1-4-14-26-19-9-7-6-8-18(19)21(25)23-22-20(24)16-10-12-17(13-11-16)27-15(3)5-2/h6-13,15H,4-5,14H2,1-3H3,(H,22,24)(H,23,25). The topological polar surface area (TPSA) is 76.7 Å². The first-order chi connectivity index (χ1) is 13.0. The number of ether oxygens (including phenoxy) is 2. The van der Waals surface area contributed by atoms with Crippen LogP contribution < -0.4 is 20.3 Å². The third-order valence-electron chi connectivity index (χ3n) is 3.91. The van der Waals surface area contributed by atoms with Gasteiger partial charge in [-0.3, -0.25) is 20.4 Å². The average molecular weight is 370 g/mol. The molecule has 0 radical (unpaired) electrons. The fraction of sp³-hybridized carbons (Fsp3) is 0.333. The number of hydrogen-bond acceptors (Lipinski definition) is 4. The van der Waals surface area contributed by atoms with Crippen LogP contribution >= 0.6 is 0 Å². The van der Waals surface area contributed by atoms with Crippen molar-refractivity contribution >= 4 is 11.8 Å². The summed E-state index contributed by atoms with van der Waals surface area (Å²) in [5.41, 5.74) is 5.62. The summed E-state index contributed by atoms with van der Waals surface area (Å²) in [5.74, 6) is 0.335. The lowest BCUT2D eigenvalue weighted by atomic mass is 10.2. The van der Waals surface area contributed by atoms with Gasteiger partial charge in [-0.25, -0.2) is 0 Å². The minimum absolute atomic E-state index is 0.110. The quantitative estimate of drug-likeness (QED) is 0.694. The Morgan fingerprint density at radius 2 is 1.63 bits per heavy atom. The van der Waals surface area contributed by atoms with Gasteiger partial charge in [0.15, 0.2) is 0 Å². The van der Waals surface area contributed by atoms with Crippen molar-refractivity contribution in [1.29, 1.82) is 0 Å². The second kappa shape index (κ2) is 10.2. The third kappa shape index (κ3) is 6.02. The van der Waals surface area contributed by atoms with Crippen LogP contribution in [0, 0.1) is 0 Å². The van der Waals surface area contributed by atoms with Crippen LogP contribution in [-0.4, -0.2) is 24.5 Å². The lowest BCUT2D eigenvalue weighted by Crippen LogP contribution is -2.41. The molecule has 0 aromatic heterocycles. The monoisotopic (exact) mass is 370 g/mol. The van der Waals surface area contributed by atoms with E-state index in [2.05, 4.69) is 10.9 Å². The first kappa shape index (κ1) is 20.3. The molecule has 2 aromatic carbocycles. The Balaban J connectivity index is 1.94. The van der Waals surface area contributed by atoms with Gasteiger partial charge in [0, 0.05) is 5.56 Å². The number of para-hydroxylation sites is 1. The minimum Gasteiger partial charge on any atom is -0.493 e. The molecule has 0 heterocycles. The summed E-state index contributed by atoms with van der Waals surface area (Å²) >= 11 is 0. The van der Waals surface area contributed by atoms with Crippen molar-refractivity contribution in [3.63, 3.8) is 0 Å². The van der Waals surface area contributed by atoms with Gasteiger partial charge in [0.25, 0.3) is 11.8 Å². The van der Waals surface area contributed by atoms with Crippen LogP contribution in [0.1, 0.15) is 54.3 Å². The maximum atomic E-state index is 12.3. The summed E-state index contributed by atoms with van der Waals surface area (Å²) in [5, 5.41) is 0. The number of rotatable bonds is 8. The Morgan fingerprint density at radius 1 is 0.963 bits per heavy atom. The highest BCUT2D eigenvalue weighted by atomic mass is 16.5. The second-order valence-electron chi connectivity index (χ2n) is 6.11. The summed E-state index contributed by atoms with van der Waals surface area (Å²) in [6.45, 7) is 6.53. The number of amides is 2. The first-order valence-electron chi connectivity index (χ1n) is 9.14. The summed E-state index contributed by atoms with van der Waals surface area (Å²) in [7, 11) is 0. The number of benzene rings is 2. The van der Waals surface area contributed by atoms with Crippen LogP contribution in [0.25, 0.3) is 0 Å². The Hall–Kier alpha value is -3.02. The van der Waals surface area contributed by atoms with Gasteiger partial charge in [0.05, 0.1) is 18.3 Å². The van der Waals surface area contributed by atoms with Crippen LogP contribution in [0.2, 0.25) is 0 Å². The maximum Gasteiger partial charge on any atom is 0.273 e. The second-order valence-corrected chi connectivity index (χ2v) is 6.11. The Labute approximate surface area is 159 Å². The maximum absolute atomic E-state index is 12.3. The number of nitrogens with one attached hydrogen (secondary N) is 2. The molecule has 2 amide bonds. The van der Waals surface area contributed by atoms with Gasteiger partial charge in [0.1, 0.15) is 11.5 Å². The van der Waals surface area contributed by atoms with Crippen LogP contribution in [0.3, 0.4) is 0 Å². The molecule has 0 saturated heterocycles. The number of hydrogen-bond donors (Lipinski definition) is 2. The highest BCUT2D eigenvalue weighted by Crippen LogP contribution is 2.18. The summed E-state index contributed by atoms with van der Waals surface area (Å²) in [6, 6.07) is 13.7. The van der Waals surface area contributed by atoms with E-state index < -0.39 is 11.8 Å². The van der Waals surface area contributed by atoms with Crippen LogP contribution in [0.5, 0.6) is 11.5 Å². The molecule has 0 saturated carbocycles. The van der Waals surface area contributed by atoms with E-state index in [1.165, 1.54) is 0 Å². The van der Waals surface area contributed by atoms with Gasteiger partial charge in [0.2, 0.25) is 0 Å². The summed E-state index contributed by atoms with van der Waals surface area (Å²) in [4.78, 5) is 24.6. The zero-order valence-electron chi connectivity index (χ0n) is 16.0. The molecule has 0 aliphatic rings. The molecule has 144 valence electrons. The van der Waals surface area contributed by atoms with E-state index in [1.807, 2.05) is 20.8 Å². The van der Waals surface area contributed by atoms with Crippen molar-refractivity contribution < 1.29 is 19.1 Å². The van der Waals surface area contributed by atoms with Crippen molar-refractivity contribution in [2.75, 3.05) is 6.61 Å². The highest BCUT2D eigenvalue weighted by molar-refractivity contribution is 6.00. The molecular formula is C21H26N2O4. The Morgan fingerprint density at radius 3 is 2.30 bits per heavy atom. The zero-order valence-corrected chi connectivity index (χ0v) is 16.0. The minimum atomic E-state index is -0.438. The van der Waals surface area contributed by atoms with Crippen molar-refractivity contribution in [3.8, 4) is 11.5 Å². The van der Waals surface area contributed by atoms with Gasteiger partial charge in [-0.05, 0) is 56.2 Å². The number of carbonyl (C=O) groups is 2. The lowest BCUT2D eigenvalue weighted by molar-refractivity contribution is 0.0844. The molecule has 27 heavy (non-hydrogen) atoms. The molecule has 2 rings (SSSR count). The predicted octanol–water partition coefficient (Wildman–Crippen LogP) is 3.73. The van der Waals surface area contributed by atoms with Gasteiger partial charge < -0.3 is 9.47 Å². The van der Waals surface area contributed by atoms with Gasteiger partial charge >= 0.3 is 0 Å². The Kier molecular flexibility index (Phi) is 7.67. The van der Waals surface area contributed by atoms with E-state index in [9.17, 15) is 9.59 Å². The van der Waals surface area contributed by atoms with Gasteiger partial charge in [-0.1, -0.05) is 26.0 Å². The van der Waals surface area contributed by atoms with E-state index in [0.717, 1.165) is 12.8 Å². The van der Waals surface area contributed by atoms with E-state index in [0.29, 0.717) is 29.2 Å². The molecule has 0 aliphatic carbocycles. The highest BCUT2D eigenvalue weighted by Gasteiger charge is 2.13. The summed E-state index contributed by atoms with van der Waals surface area (Å²) < 4.78 is 11.2. The van der Waals surface area contributed by atoms with Crippen LogP contribution in [0.15, 0.2) is 48.5 Å². The van der Waals surface area contributed by atoms with Gasteiger partial charge in [-0.15, -0.1) is 0 Å². The molecule has 2 aromatic rings. The van der Waals surface area contributed by atoms with E-state index >= 15 is 0 Å². The molecule has 6 nitrogen and oxygen atoms in total. The number of carbonyl (C=O) groups excluding carboxylic acids is 2. The molecule has 1 atom stereocenters. The smallest absolute Gasteiger partial charge is 0.273 e. The van der Waals surface area contributed by atoms with Gasteiger partial charge in [-0.2, -0.15) is 0 Å². The van der Waals surface area contributed by atoms with Crippen LogP contribution in [0.4, 0.5) is 0 Å². The molecule has 2 N–H and O–H groups in total. The fourth-order valence-corrected chi connectivity index (χ4v) is 2.25. The zero-order chi connectivity index (χ0) is 19.6. The van der Waals surface area contributed by atoms with Crippen molar-refractivity contribution in [2.45, 2.75) is 39.7 Å². The summed E-state index contributed by atoms with van der Waals surface area (Å²) in [6.07, 6.45) is 1.85. The molecule has 0 spiro atoms. The molecule has 0 fully saturated rings. The van der Waals surface area contributed by atoms with Crippen LogP contribution in [-0.2, 0) is 0 Å². The molecule has 0 aliphatic heterocycles. The van der Waals surface area contributed by atoms with E-state index in [1.54, 1.807) is 48.5 Å². The van der Waals surface area contributed by atoms with Crippen molar-refractivity contribution in [3.05, 3.63) is 59.7 Å². The largest absolute Gasteiger partial charge is 0.493 e. The van der Waals surface area contributed by atoms with Crippen molar-refractivity contribution in [1.82, 2.24) is 10.9 Å². The Bertz CT molecular complexity index is 759. The normalized spacial score (nSPS) is 11.4.